The second-order valence-electron chi connectivity index (χ2n) is 5.00. The van der Waals surface area contributed by atoms with Crippen LogP contribution in [0.2, 0.25) is 0 Å². The second-order valence-corrected chi connectivity index (χ2v) is 5.00. The molecular formula is C16H28N2. The maximum atomic E-state index is 5.62. The minimum atomic E-state index is 0.635. The van der Waals surface area contributed by atoms with Gasteiger partial charge in [0.2, 0.25) is 0 Å². The number of unbranched alkanes of at least 4 members (excludes halogenated alkanes) is 2. The van der Waals surface area contributed by atoms with Gasteiger partial charge in [0.1, 0.15) is 0 Å². The van der Waals surface area contributed by atoms with Crippen molar-refractivity contribution in [3.8, 4) is 0 Å². The quantitative estimate of drug-likeness (QED) is 0.724. The normalized spacial score (nSPS) is 11.1. The van der Waals surface area contributed by atoms with Gasteiger partial charge in [-0.05, 0) is 37.1 Å². The number of hydrogen-bond donors (Lipinski definition) is 1. The molecule has 0 spiro atoms. The zero-order valence-corrected chi connectivity index (χ0v) is 12.0. The minimum absolute atomic E-state index is 0.635. The molecular weight excluding hydrogens is 220 g/mol. The molecule has 0 saturated heterocycles. The van der Waals surface area contributed by atoms with Crippen LogP contribution in [0.4, 0.5) is 0 Å². The number of hydrogen-bond acceptors (Lipinski definition) is 2. The van der Waals surface area contributed by atoms with E-state index in [-0.39, 0.29) is 0 Å². The molecule has 2 heteroatoms. The molecule has 1 aromatic carbocycles. The summed E-state index contributed by atoms with van der Waals surface area (Å²) in [5.74, 6) is 0. The van der Waals surface area contributed by atoms with Crippen LogP contribution in [0, 0.1) is 0 Å². The van der Waals surface area contributed by atoms with Gasteiger partial charge in [-0.1, -0.05) is 51.0 Å². The third-order valence-electron chi connectivity index (χ3n) is 3.32. The van der Waals surface area contributed by atoms with Crippen LogP contribution in [0.1, 0.15) is 50.7 Å². The van der Waals surface area contributed by atoms with Crippen LogP contribution in [0.5, 0.6) is 0 Å². The van der Waals surface area contributed by atoms with Crippen molar-refractivity contribution in [2.45, 2.75) is 52.6 Å². The predicted octanol–water partition coefficient (Wildman–Crippen LogP) is 3.55. The summed E-state index contributed by atoms with van der Waals surface area (Å²) in [5, 5.41) is 0. The molecule has 1 aromatic rings. The zero-order chi connectivity index (χ0) is 13.2. The van der Waals surface area contributed by atoms with Crippen molar-refractivity contribution in [3.63, 3.8) is 0 Å². The topological polar surface area (TPSA) is 29.3 Å². The molecule has 0 saturated carbocycles. The molecule has 0 radical (unpaired) electrons. The fourth-order valence-electron chi connectivity index (χ4n) is 2.07. The van der Waals surface area contributed by atoms with Crippen LogP contribution in [0.15, 0.2) is 24.3 Å². The number of benzene rings is 1. The summed E-state index contributed by atoms with van der Waals surface area (Å²) < 4.78 is 0. The van der Waals surface area contributed by atoms with Gasteiger partial charge in [0, 0.05) is 13.1 Å². The SMILES string of the molecule is CCCCN(CCCC)Cc1ccc(CN)cc1. The van der Waals surface area contributed by atoms with Crippen molar-refractivity contribution in [1.82, 2.24) is 4.90 Å². The molecule has 2 nitrogen and oxygen atoms in total. The molecule has 0 aliphatic rings. The summed E-state index contributed by atoms with van der Waals surface area (Å²) in [6.45, 7) is 8.66. The molecule has 0 unspecified atom stereocenters. The van der Waals surface area contributed by atoms with Gasteiger partial charge in [-0.15, -0.1) is 0 Å². The number of nitrogens with two attached hydrogens (primary N) is 1. The third-order valence-corrected chi connectivity index (χ3v) is 3.32. The maximum absolute atomic E-state index is 5.62. The van der Waals surface area contributed by atoms with Gasteiger partial charge in [-0.2, -0.15) is 0 Å². The third kappa shape index (κ3) is 5.65. The Balaban J connectivity index is 2.51. The first-order valence-electron chi connectivity index (χ1n) is 7.30. The lowest BCUT2D eigenvalue weighted by Gasteiger charge is -2.22. The van der Waals surface area contributed by atoms with E-state index < -0.39 is 0 Å². The van der Waals surface area contributed by atoms with Crippen LogP contribution in [0.3, 0.4) is 0 Å². The van der Waals surface area contributed by atoms with Crippen LogP contribution in [-0.2, 0) is 13.1 Å². The first-order valence-corrected chi connectivity index (χ1v) is 7.30. The summed E-state index contributed by atoms with van der Waals surface area (Å²) >= 11 is 0. The van der Waals surface area contributed by atoms with E-state index in [4.69, 9.17) is 5.73 Å². The number of rotatable bonds is 9. The van der Waals surface area contributed by atoms with E-state index in [2.05, 4.69) is 43.0 Å². The Kier molecular flexibility index (Phi) is 7.70. The fraction of sp³-hybridized carbons (Fsp3) is 0.625. The van der Waals surface area contributed by atoms with Crippen LogP contribution in [0.25, 0.3) is 0 Å². The van der Waals surface area contributed by atoms with E-state index in [0.717, 1.165) is 6.54 Å². The van der Waals surface area contributed by atoms with Crippen molar-refractivity contribution >= 4 is 0 Å². The van der Waals surface area contributed by atoms with Crippen LogP contribution in [-0.4, -0.2) is 18.0 Å². The lowest BCUT2D eigenvalue weighted by atomic mass is 10.1. The highest BCUT2D eigenvalue weighted by Crippen LogP contribution is 2.09. The molecule has 0 aliphatic carbocycles. The molecule has 0 aliphatic heterocycles. The Hall–Kier alpha value is -0.860. The minimum Gasteiger partial charge on any atom is -0.326 e. The monoisotopic (exact) mass is 248 g/mol. The Morgan fingerprint density at radius 2 is 1.39 bits per heavy atom. The highest BCUT2D eigenvalue weighted by Gasteiger charge is 2.05. The zero-order valence-electron chi connectivity index (χ0n) is 12.0. The van der Waals surface area contributed by atoms with Crippen molar-refractivity contribution in [3.05, 3.63) is 35.4 Å². The Labute approximate surface area is 112 Å². The molecule has 0 atom stereocenters. The van der Waals surface area contributed by atoms with E-state index in [1.807, 2.05) is 0 Å². The lowest BCUT2D eigenvalue weighted by molar-refractivity contribution is 0.257. The lowest BCUT2D eigenvalue weighted by Crippen LogP contribution is -2.25. The Morgan fingerprint density at radius 3 is 1.83 bits per heavy atom. The Bertz CT molecular complexity index is 297. The average Bonchev–Trinajstić information content (AvgIpc) is 2.42. The van der Waals surface area contributed by atoms with Gasteiger partial charge < -0.3 is 5.73 Å². The molecule has 2 N–H and O–H groups in total. The van der Waals surface area contributed by atoms with Crippen molar-refractivity contribution in [2.24, 2.45) is 5.73 Å². The number of nitrogens with zero attached hydrogens (tertiary/aromatic N) is 1. The highest BCUT2D eigenvalue weighted by molar-refractivity contribution is 5.22. The molecule has 0 amide bonds. The van der Waals surface area contributed by atoms with Gasteiger partial charge in [-0.25, -0.2) is 0 Å². The summed E-state index contributed by atoms with van der Waals surface area (Å²) in [5.41, 5.74) is 8.24. The van der Waals surface area contributed by atoms with Crippen LogP contribution < -0.4 is 5.73 Å². The van der Waals surface area contributed by atoms with E-state index in [1.165, 1.54) is 49.9 Å². The van der Waals surface area contributed by atoms with Gasteiger partial charge in [0.25, 0.3) is 0 Å². The molecule has 102 valence electrons. The first-order chi connectivity index (χ1) is 8.80. The van der Waals surface area contributed by atoms with E-state index in [0.29, 0.717) is 6.54 Å². The summed E-state index contributed by atoms with van der Waals surface area (Å²) in [4.78, 5) is 2.57. The van der Waals surface area contributed by atoms with E-state index in [1.54, 1.807) is 0 Å². The standard InChI is InChI=1S/C16H28N2/c1-3-5-11-18(12-6-4-2)14-16-9-7-15(13-17)8-10-16/h7-10H,3-6,11-14,17H2,1-2H3. The van der Waals surface area contributed by atoms with Crippen molar-refractivity contribution < 1.29 is 0 Å². The highest BCUT2D eigenvalue weighted by atomic mass is 15.1. The van der Waals surface area contributed by atoms with E-state index >= 15 is 0 Å². The largest absolute Gasteiger partial charge is 0.326 e. The molecule has 0 bridgehead atoms. The van der Waals surface area contributed by atoms with Crippen molar-refractivity contribution in [1.29, 1.82) is 0 Å². The van der Waals surface area contributed by atoms with Gasteiger partial charge in [-0.3, -0.25) is 4.90 Å². The van der Waals surface area contributed by atoms with Gasteiger partial charge >= 0.3 is 0 Å². The fourth-order valence-corrected chi connectivity index (χ4v) is 2.07. The maximum Gasteiger partial charge on any atom is 0.0233 e. The summed E-state index contributed by atoms with van der Waals surface area (Å²) in [7, 11) is 0. The molecule has 18 heavy (non-hydrogen) atoms. The smallest absolute Gasteiger partial charge is 0.0233 e. The average molecular weight is 248 g/mol. The molecule has 0 heterocycles. The second kappa shape index (κ2) is 9.12. The van der Waals surface area contributed by atoms with Gasteiger partial charge in [0.15, 0.2) is 0 Å². The van der Waals surface area contributed by atoms with Crippen LogP contribution >= 0.6 is 0 Å². The van der Waals surface area contributed by atoms with Gasteiger partial charge in [0.05, 0.1) is 0 Å². The predicted molar refractivity (Wildman–Crippen MR) is 79.4 cm³/mol. The summed E-state index contributed by atoms with van der Waals surface area (Å²) in [6, 6.07) is 8.72. The first kappa shape index (κ1) is 15.2. The van der Waals surface area contributed by atoms with E-state index in [9.17, 15) is 0 Å². The van der Waals surface area contributed by atoms with Crippen molar-refractivity contribution in [2.75, 3.05) is 13.1 Å². The summed E-state index contributed by atoms with van der Waals surface area (Å²) in [6.07, 6.45) is 5.14. The molecule has 0 aromatic heterocycles. The molecule has 0 fully saturated rings. The molecule has 1 rings (SSSR count). The Morgan fingerprint density at radius 1 is 0.889 bits per heavy atom.